The molecule has 0 saturated heterocycles. The van der Waals surface area contributed by atoms with Gasteiger partial charge in [-0.15, -0.1) is 0 Å². The average Bonchev–Trinajstić information content (AvgIpc) is 2.68. The Morgan fingerprint density at radius 1 is 0.828 bits per heavy atom. The van der Waals surface area contributed by atoms with Crippen molar-refractivity contribution in [2.45, 2.75) is 20.4 Å². The van der Waals surface area contributed by atoms with Gasteiger partial charge in [0.05, 0.1) is 6.54 Å². The molecule has 0 aliphatic rings. The maximum atomic E-state index is 12.7. The van der Waals surface area contributed by atoms with E-state index in [4.69, 9.17) is 0 Å². The Balaban J connectivity index is 1.73. The van der Waals surface area contributed by atoms with Crippen molar-refractivity contribution in [1.82, 2.24) is 0 Å². The van der Waals surface area contributed by atoms with Gasteiger partial charge in [-0.1, -0.05) is 54.1 Å². The van der Waals surface area contributed by atoms with Gasteiger partial charge in [0.1, 0.15) is 0 Å². The molecule has 5 nitrogen and oxygen atoms in total. The molecular formula is C24H25N3O2. The number of hydrogen-bond donors (Lipinski definition) is 2. The molecule has 0 radical (unpaired) electrons. The first-order chi connectivity index (χ1) is 14.0. The van der Waals surface area contributed by atoms with Gasteiger partial charge in [-0.05, 0) is 42.8 Å². The van der Waals surface area contributed by atoms with E-state index in [1.165, 1.54) is 12.5 Å². The fourth-order valence-corrected chi connectivity index (χ4v) is 3.05. The Morgan fingerprint density at radius 2 is 1.48 bits per heavy atom. The maximum Gasteiger partial charge on any atom is 0.243 e. The number of carbonyl (C=O) groups excluding carboxylic acids is 2. The highest BCUT2D eigenvalue weighted by molar-refractivity contribution is 5.95. The van der Waals surface area contributed by atoms with Crippen LogP contribution < -0.4 is 15.5 Å². The second kappa shape index (κ2) is 9.55. The van der Waals surface area contributed by atoms with Gasteiger partial charge >= 0.3 is 0 Å². The van der Waals surface area contributed by atoms with Crippen LogP contribution in [0.1, 0.15) is 18.1 Å². The van der Waals surface area contributed by atoms with Crippen LogP contribution >= 0.6 is 0 Å². The van der Waals surface area contributed by atoms with Gasteiger partial charge in [-0.3, -0.25) is 9.59 Å². The van der Waals surface area contributed by atoms with Crippen molar-refractivity contribution >= 4 is 28.9 Å². The SMILES string of the molecule is CC(=O)Nc1cccc(NC(=O)CN(Cc2ccccc2)c2ccc(C)cc2)c1. The Kier molecular flexibility index (Phi) is 6.63. The van der Waals surface area contributed by atoms with Gasteiger partial charge in [0.15, 0.2) is 0 Å². The van der Waals surface area contributed by atoms with E-state index in [-0.39, 0.29) is 18.4 Å². The highest BCUT2D eigenvalue weighted by atomic mass is 16.2. The molecule has 3 rings (SSSR count). The molecule has 0 atom stereocenters. The summed E-state index contributed by atoms with van der Waals surface area (Å²) in [4.78, 5) is 26.0. The van der Waals surface area contributed by atoms with E-state index in [1.54, 1.807) is 24.3 Å². The zero-order chi connectivity index (χ0) is 20.6. The molecule has 0 saturated carbocycles. The summed E-state index contributed by atoms with van der Waals surface area (Å²) in [6.07, 6.45) is 0. The molecule has 0 heterocycles. The second-order valence-electron chi connectivity index (χ2n) is 6.99. The highest BCUT2D eigenvalue weighted by Gasteiger charge is 2.13. The largest absolute Gasteiger partial charge is 0.358 e. The highest BCUT2D eigenvalue weighted by Crippen LogP contribution is 2.19. The topological polar surface area (TPSA) is 61.4 Å². The van der Waals surface area contributed by atoms with Gasteiger partial charge in [0.2, 0.25) is 11.8 Å². The number of rotatable bonds is 7. The molecule has 0 fully saturated rings. The second-order valence-corrected chi connectivity index (χ2v) is 6.99. The predicted molar refractivity (Wildman–Crippen MR) is 118 cm³/mol. The molecule has 3 aromatic rings. The molecule has 0 spiro atoms. The van der Waals surface area contributed by atoms with Crippen molar-refractivity contribution in [3.63, 3.8) is 0 Å². The first kappa shape index (κ1) is 20.1. The summed E-state index contributed by atoms with van der Waals surface area (Å²) in [5.41, 5.74) is 4.59. The summed E-state index contributed by atoms with van der Waals surface area (Å²) in [6, 6.07) is 25.3. The fraction of sp³-hybridized carbons (Fsp3) is 0.167. The minimum atomic E-state index is -0.151. The van der Waals surface area contributed by atoms with Crippen molar-refractivity contribution in [3.8, 4) is 0 Å². The summed E-state index contributed by atoms with van der Waals surface area (Å²) in [6.45, 7) is 4.33. The summed E-state index contributed by atoms with van der Waals surface area (Å²) in [5, 5.41) is 5.64. The van der Waals surface area contributed by atoms with Crippen LogP contribution in [0.15, 0.2) is 78.9 Å². The van der Waals surface area contributed by atoms with Crippen LogP contribution in [0.4, 0.5) is 17.1 Å². The number of nitrogens with zero attached hydrogens (tertiary/aromatic N) is 1. The molecule has 2 N–H and O–H groups in total. The van der Waals surface area contributed by atoms with E-state index in [0.29, 0.717) is 17.9 Å². The molecule has 5 heteroatoms. The number of nitrogens with one attached hydrogen (secondary N) is 2. The quantitative estimate of drug-likeness (QED) is 0.623. The number of amides is 2. The van der Waals surface area contributed by atoms with E-state index in [1.807, 2.05) is 54.3 Å². The van der Waals surface area contributed by atoms with Crippen molar-refractivity contribution in [3.05, 3.63) is 90.0 Å². The number of anilines is 3. The van der Waals surface area contributed by atoms with Gasteiger partial charge in [-0.25, -0.2) is 0 Å². The van der Waals surface area contributed by atoms with Crippen LogP contribution in [0.5, 0.6) is 0 Å². The summed E-state index contributed by atoms with van der Waals surface area (Å²) < 4.78 is 0. The minimum Gasteiger partial charge on any atom is -0.358 e. The van der Waals surface area contributed by atoms with Crippen molar-refractivity contribution in [2.24, 2.45) is 0 Å². The maximum absolute atomic E-state index is 12.7. The van der Waals surface area contributed by atoms with E-state index < -0.39 is 0 Å². The number of aryl methyl sites for hydroxylation is 1. The molecule has 148 valence electrons. The molecule has 0 bridgehead atoms. The van der Waals surface area contributed by atoms with Crippen LogP contribution in [-0.4, -0.2) is 18.4 Å². The summed E-state index contributed by atoms with van der Waals surface area (Å²) >= 11 is 0. The molecule has 29 heavy (non-hydrogen) atoms. The lowest BCUT2D eigenvalue weighted by atomic mass is 10.1. The van der Waals surface area contributed by atoms with Crippen LogP contribution in [0.3, 0.4) is 0 Å². The van der Waals surface area contributed by atoms with Gasteiger partial charge in [0, 0.05) is 30.5 Å². The smallest absolute Gasteiger partial charge is 0.243 e. The third-order valence-electron chi connectivity index (χ3n) is 4.42. The lowest BCUT2D eigenvalue weighted by molar-refractivity contribution is -0.115. The van der Waals surface area contributed by atoms with Gasteiger partial charge in [0.25, 0.3) is 0 Å². The lowest BCUT2D eigenvalue weighted by Gasteiger charge is -2.25. The van der Waals surface area contributed by atoms with Crippen LogP contribution in [0.2, 0.25) is 0 Å². The third kappa shape index (κ3) is 6.21. The standard InChI is InChI=1S/C24H25N3O2/c1-18-11-13-23(14-12-18)27(16-20-7-4-3-5-8-20)17-24(29)26-22-10-6-9-21(15-22)25-19(2)28/h3-15H,16-17H2,1-2H3,(H,25,28)(H,26,29). The molecule has 0 aliphatic heterocycles. The molecule has 0 unspecified atom stereocenters. The van der Waals surface area contributed by atoms with Crippen LogP contribution in [-0.2, 0) is 16.1 Å². The minimum absolute atomic E-state index is 0.124. The van der Waals surface area contributed by atoms with Crippen LogP contribution in [0.25, 0.3) is 0 Å². The van der Waals surface area contributed by atoms with E-state index in [9.17, 15) is 9.59 Å². The normalized spacial score (nSPS) is 10.3. The van der Waals surface area contributed by atoms with Crippen LogP contribution in [0, 0.1) is 6.92 Å². The molecule has 0 aromatic heterocycles. The Bertz CT molecular complexity index is 969. The van der Waals surface area contributed by atoms with Crippen molar-refractivity contribution in [2.75, 3.05) is 22.1 Å². The number of hydrogen-bond acceptors (Lipinski definition) is 3. The van der Waals surface area contributed by atoms with Gasteiger partial charge < -0.3 is 15.5 Å². The zero-order valence-corrected chi connectivity index (χ0v) is 16.7. The van der Waals surface area contributed by atoms with Crippen molar-refractivity contribution < 1.29 is 9.59 Å². The Morgan fingerprint density at radius 3 is 2.14 bits per heavy atom. The molecule has 2 amide bonds. The number of carbonyl (C=O) groups is 2. The van der Waals surface area contributed by atoms with Crippen molar-refractivity contribution in [1.29, 1.82) is 0 Å². The first-order valence-electron chi connectivity index (χ1n) is 9.52. The first-order valence-corrected chi connectivity index (χ1v) is 9.52. The fourth-order valence-electron chi connectivity index (χ4n) is 3.05. The monoisotopic (exact) mass is 387 g/mol. The van der Waals surface area contributed by atoms with Gasteiger partial charge in [-0.2, -0.15) is 0 Å². The third-order valence-corrected chi connectivity index (χ3v) is 4.42. The summed E-state index contributed by atoms with van der Waals surface area (Å²) in [7, 11) is 0. The van der Waals surface area contributed by atoms with E-state index >= 15 is 0 Å². The molecular weight excluding hydrogens is 362 g/mol. The summed E-state index contributed by atoms with van der Waals surface area (Å²) in [5.74, 6) is -0.275. The zero-order valence-electron chi connectivity index (χ0n) is 16.7. The Labute approximate surface area is 171 Å². The van der Waals surface area contributed by atoms with E-state index in [2.05, 4.69) is 22.8 Å². The van der Waals surface area contributed by atoms with E-state index in [0.717, 1.165) is 11.3 Å². The average molecular weight is 387 g/mol. The molecule has 0 aliphatic carbocycles. The molecule has 3 aromatic carbocycles. The number of benzene rings is 3. The Hall–Kier alpha value is -3.60. The lowest BCUT2D eigenvalue weighted by Crippen LogP contribution is -2.33. The predicted octanol–water partition coefficient (Wildman–Crippen LogP) is 4.60.